The van der Waals surface area contributed by atoms with Crippen molar-refractivity contribution in [1.82, 2.24) is 10.2 Å². The highest BCUT2D eigenvalue weighted by Crippen LogP contribution is 2.39. The van der Waals surface area contributed by atoms with Crippen LogP contribution in [0.1, 0.15) is 56.4 Å². The molecule has 0 radical (unpaired) electrons. The molecule has 4 heterocycles. The van der Waals surface area contributed by atoms with Crippen molar-refractivity contribution in [1.29, 1.82) is 0 Å². The molecule has 3 fully saturated rings. The van der Waals surface area contributed by atoms with E-state index in [4.69, 9.17) is 14.2 Å². The van der Waals surface area contributed by atoms with E-state index in [0.717, 1.165) is 31.4 Å². The number of ether oxygens (including phenoxy) is 3. The molecule has 0 aromatic heterocycles. The van der Waals surface area contributed by atoms with Crippen molar-refractivity contribution in [2.75, 3.05) is 33.0 Å². The van der Waals surface area contributed by atoms with Gasteiger partial charge in [-0.3, -0.25) is 9.59 Å². The fourth-order valence-corrected chi connectivity index (χ4v) is 5.74. The second-order valence-corrected chi connectivity index (χ2v) is 9.35. The summed E-state index contributed by atoms with van der Waals surface area (Å²) in [5.41, 5.74) is 0.742. The SMILES string of the molecule is O=C1COCC2(CCN3C(=O)CCCOc4ccccc4[C@H]4CC[C@H](CC4)OC[C@H]32)N1. The number of fused-ring (bicyclic) bond motifs is 7. The first-order valence-electron chi connectivity index (χ1n) is 11.7. The van der Waals surface area contributed by atoms with Gasteiger partial charge in [-0.15, -0.1) is 0 Å². The number of carbonyl (C=O) groups excluding carboxylic acids is 2. The Morgan fingerprint density at radius 2 is 1.94 bits per heavy atom. The van der Waals surface area contributed by atoms with Crippen LogP contribution in [0.5, 0.6) is 5.75 Å². The van der Waals surface area contributed by atoms with Crippen molar-refractivity contribution in [3.8, 4) is 5.75 Å². The normalized spacial score (nSPS) is 34.3. The van der Waals surface area contributed by atoms with Crippen molar-refractivity contribution in [3.05, 3.63) is 29.8 Å². The lowest BCUT2D eigenvalue weighted by Crippen LogP contribution is -2.65. The van der Waals surface area contributed by atoms with Crippen molar-refractivity contribution < 1.29 is 23.8 Å². The summed E-state index contributed by atoms with van der Waals surface area (Å²) in [6.07, 6.45) is 6.12. The minimum Gasteiger partial charge on any atom is -0.493 e. The first kappa shape index (κ1) is 20.8. The van der Waals surface area contributed by atoms with Gasteiger partial charge in [-0.2, -0.15) is 0 Å². The fraction of sp³-hybridized carbons (Fsp3) is 0.667. The van der Waals surface area contributed by atoms with E-state index in [-0.39, 0.29) is 30.6 Å². The van der Waals surface area contributed by atoms with Gasteiger partial charge in [-0.05, 0) is 56.1 Å². The summed E-state index contributed by atoms with van der Waals surface area (Å²) < 4.78 is 18.1. The summed E-state index contributed by atoms with van der Waals surface area (Å²) >= 11 is 0. The van der Waals surface area contributed by atoms with Crippen LogP contribution in [0.15, 0.2) is 24.3 Å². The zero-order valence-corrected chi connectivity index (χ0v) is 18.0. The molecule has 7 heteroatoms. The lowest BCUT2D eigenvalue weighted by atomic mass is 9.82. The highest BCUT2D eigenvalue weighted by molar-refractivity contribution is 5.80. The Kier molecular flexibility index (Phi) is 5.89. The van der Waals surface area contributed by atoms with Crippen LogP contribution < -0.4 is 10.1 Å². The van der Waals surface area contributed by atoms with Gasteiger partial charge in [0.25, 0.3) is 0 Å². The van der Waals surface area contributed by atoms with Crippen LogP contribution >= 0.6 is 0 Å². The third-order valence-corrected chi connectivity index (χ3v) is 7.43. The third-order valence-electron chi connectivity index (χ3n) is 7.43. The molecular formula is C24H32N2O5. The number of benzene rings is 1. The lowest BCUT2D eigenvalue weighted by molar-refractivity contribution is -0.143. The summed E-state index contributed by atoms with van der Waals surface area (Å²) in [5, 5.41) is 3.15. The predicted octanol–water partition coefficient (Wildman–Crippen LogP) is 2.39. The van der Waals surface area contributed by atoms with Crippen molar-refractivity contribution in [2.24, 2.45) is 0 Å². The van der Waals surface area contributed by atoms with Crippen LogP contribution in [0.3, 0.4) is 0 Å². The molecule has 1 unspecified atom stereocenters. The summed E-state index contributed by atoms with van der Waals surface area (Å²) in [5.74, 6) is 1.43. The van der Waals surface area contributed by atoms with Gasteiger partial charge in [0, 0.05) is 13.0 Å². The van der Waals surface area contributed by atoms with Crippen LogP contribution in [-0.2, 0) is 19.1 Å². The number of nitrogens with one attached hydrogen (secondary N) is 1. The van der Waals surface area contributed by atoms with Crippen molar-refractivity contribution in [3.63, 3.8) is 0 Å². The van der Waals surface area contributed by atoms with E-state index in [1.54, 1.807) is 0 Å². The van der Waals surface area contributed by atoms with E-state index in [9.17, 15) is 9.59 Å². The number of morpholine rings is 1. The molecule has 1 aromatic carbocycles. The van der Waals surface area contributed by atoms with Crippen LogP contribution in [-0.4, -0.2) is 67.4 Å². The molecule has 1 aromatic rings. The topological polar surface area (TPSA) is 77.1 Å². The minimum atomic E-state index is -0.539. The predicted molar refractivity (Wildman–Crippen MR) is 114 cm³/mol. The van der Waals surface area contributed by atoms with Gasteiger partial charge in [0.05, 0.1) is 37.5 Å². The molecule has 1 spiro atoms. The smallest absolute Gasteiger partial charge is 0.246 e. The molecule has 7 nitrogen and oxygen atoms in total. The number of amides is 2. The molecule has 1 N–H and O–H groups in total. The minimum absolute atomic E-state index is 0.0885. The molecule has 6 rings (SSSR count). The van der Waals surface area contributed by atoms with Crippen molar-refractivity contribution in [2.45, 2.75) is 68.5 Å². The molecule has 1 aliphatic carbocycles. The number of hydrogen-bond acceptors (Lipinski definition) is 5. The maximum absolute atomic E-state index is 13.1. The Labute approximate surface area is 183 Å². The summed E-state index contributed by atoms with van der Waals surface area (Å²) in [4.78, 5) is 27.1. The summed E-state index contributed by atoms with van der Waals surface area (Å²) in [6, 6.07) is 8.13. The second kappa shape index (κ2) is 8.79. The van der Waals surface area contributed by atoms with E-state index in [0.29, 0.717) is 51.5 Å². The zero-order valence-electron chi connectivity index (χ0n) is 18.0. The maximum atomic E-state index is 13.1. The van der Waals surface area contributed by atoms with Crippen LogP contribution in [0.4, 0.5) is 0 Å². The van der Waals surface area contributed by atoms with Crippen LogP contribution in [0, 0.1) is 0 Å². The maximum Gasteiger partial charge on any atom is 0.246 e. The third kappa shape index (κ3) is 4.17. The van der Waals surface area contributed by atoms with Crippen molar-refractivity contribution >= 4 is 11.8 Å². The monoisotopic (exact) mass is 428 g/mol. The molecule has 2 saturated heterocycles. The number of nitrogens with zero attached hydrogens (tertiary/aromatic N) is 1. The first-order chi connectivity index (χ1) is 15.1. The number of para-hydroxylation sites is 1. The zero-order chi connectivity index (χ0) is 21.3. The first-order valence-corrected chi connectivity index (χ1v) is 11.7. The van der Waals surface area contributed by atoms with E-state index >= 15 is 0 Å². The van der Waals surface area contributed by atoms with Crippen LogP contribution in [0.2, 0.25) is 0 Å². The Morgan fingerprint density at radius 3 is 2.77 bits per heavy atom. The van der Waals surface area contributed by atoms with Gasteiger partial charge >= 0.3 is 0 Å². The lowest BCUT2D eigenvalue weighted by Gasteiger charge is -2.41. The molecule has 168 valence electrons. The molecule has 31 heavy (non-hydrogen) atoms. The quantitative estimate of drug-likeness (QED) is 0.687. The molecular weight excluding hydrogens is 396 g/mol. The van der Waals surface area contributed by atoms with Gasteiger partial charge < -0.3 is 24.4 Å². The van der Waals surface area contributed by atoms with Gasteiger partial charge in [0.15, 0.2) is 0 Å². The Balaban J connectivity index is 1.37. The van der Waals surface area contributed by atoms with E-state index in [2.05, 4.69) is 17.4 Å². The molecule has 2 atom stereocenters. The Morgan fingerprint density at radius 1 is 1.10 bits per heavy atom. The average Bonchev–Trinajstić information content (AvgIpc) is 3.12. The number of carbonyl (C=O) groups is 2. The standard InChI is InChI=1S/C24H32N2O5/c27-22-15-29-16-24(25-22)11-12-26-21(24)14-31-18-9-7-17(8-10-18)19-4-1-2-5-20(19)30-13-3-6-23(26)28/h1-2,4-5,17-18,21H,3,6-16H2,(H,25,27)/t17-,18+,21-,24?/m0/s1. The fourth-order valence-electron chi connectivity index (χ4n) is 5.74. The van der Waals surface area contributed by atoms with Gasteiger partial charge in [-0.1, -0.05) is 18.2 Å². The number of rotatable bonds is 0. The Bertz CT molecular complexity index is 822. The van der Waals surface area contributed by atoms with E-state index in [1.807, 2.05) is 17.0 Å². The Hall–Kier alpha value is -2.12. The molecule has 1 saturated carbocycles. The molecule has 5 aliphatic rings. The molecule has 4 aliphatic heterocycles. The van der Waals surface area contributed by atoms with Gasteiger partial charge in [0.1, 0.15) is 12.4 Å². The van der Waals surface area contributed by atoms with Crippen LogP contribution in [0.25, 0.3) is 0 Å². The summed E-state index contributed by atoms with van der Waals surface area (Å²) in [7, 11) is 0. The second-order valence-electron chi connectivity index (χ2n) is 9.35. The largest absolute Gasteiger partial charge is 0.493 e. The highest BCUT2D eigenvalue weighted by Gasteiger charge is 2.52. The number of hydrogen-bond donors (Lipinski definition) is 1. The molecule has 2 amide bonds. The van der Waals surface area contributed by atoms with E-state index in [1.165, 1.54) is 5.56 Å². The average molecular weight is 429 g/mol. The van der Waals surface area contributed by atoms with Gasteiger partial charge in [-0.25, -0.2) is 0 Å². The highest BCUT2D eigenvalue weighted by atomic mass is 16.5. The van der Waals surface area contributed by atoms with E-state index < -0.39 is 5.54 Å². The van der Waals surface area contributed by atoms with Gasteiger partial charge in [0.2, 0.25) is 11.8 Å². The summed E-state index contributed by atoms with van der Waals surface area (Å²) in [6.45, 7) is 2.11. The molecule has 2 bridgehead atoms.